The van der Waals surface area contributed by atoms with Crippen LogP contribution in [0.15, 0.2) is 24.3 Å². The second-order valence-corrected chi connectivity index (χ2v) is 4.89. The van der Waals surface area contributed by atoms with E-state index in [9.17, 15) is 9.90 Å². The Balaban J connectivity index is 2.24. The molecule has 0 aliphatic carbocycles. The van der Waals surface area contributed by atoms with Crippen LogP contribution in [0.1, 0.15) is 43.5 Å². The summed E-state index contributed by atoms with van der Waals surface area (Å²) >= 11 is 0. The zero-order valence-corrected chi connectivity index (χ0v) is 10.4. The molecule has 1 amide bonds. The van der Waals surface area contributed by atoms with Crippen molar-refractivity contribution in [2.45, 2.75) is 45.2 Å². The van der Waals surface area contributed by atoms with E-state index in [1.54, 1.807) is 18.2 Å². The number of carbonyl (C=O) groups is 1. The lowest BCUT2D eigenvalue weighted by molar-refractivity contribution is 0.0510. The van der Waals surface area contributed by atoms with Crippen molar-refractivity contribution < 1.29 is 9.90 Å². The normalized spacial score (nSPS) is 24.7. The summed E-state index contributed by atoms with van der Waals surface area (Å²) in [5.74, 6) is 0.175. The lowest BCUT2D eigenvalue weighted by atomic mass is 9.96. The third-order valence-corrected chi connectivity index (χ3v) is 3.52. The maximum atomic E-state index is 12.4. The molecular weight excluding hydrogens is 214 g/mol. The number of hydrogen-bond acceptors (Lipinski definition) is 2. The van der Waals surface area contributed by atoms with Gasteiger partial charge in [0.05, 0.1) is 0 Å². The molecule has 3 nitrogen and oxygen atoms in total. The van der Waals surface area contributed by atoms with E-state index in [1.165, 1.54) is 12.5 Å². The van der Waals surface area contributed by atoms with Crippen molar-refractivity contribution in [3.05, 3.63) is 29.8 Å². The molecule has 1 aliphatic rings. The van der Waals surface area contributed by atoms with Gasteiger partial charge in [0.15, 0.2) is 0 Å². The molecule has 1 heterocycles. The topological polar surface area (TPSA) is 40.5 Å². The van der Waals surface area contributed by atoms with Gasteiger partial charge in [-0.3, -0.25) is 4.79 Å². The smallest absolute Gasteiger partial charge is 0.254 e. The number of phenols is 1. The largest absolute Gasteiger partial charge is 0.508 e. The lowest BCUT2D eigenvalue weighted by Gasteiger charge is -2.39. The fourth-order valence-electron chi connectivity index (χ4n) is 2.61. The summed E-state index contributed by atoms with van der Waals surface area (Å²) in [6, 6.07) is 7.16. The van der Waals surface area contributed by atoms with E-state index >= 15 is 0 Å². The number of nitrogens with zero attached hydrogens (tertiary/aromatic N) is 1. The van der Waals surface area contributed by atoms with E-state index in [-0.39, 0.29) is 23.7 Å². The van der Waals surface area contributed by atoms with Crippen molar-refractivity contribution in [1.82, 2.24) is 4.90 Å². The first-order valence-electron chi connectivity index (χ1n) is 6.21. The highest BCUT2D eigenvalue weighted by atomic mass is 16.3. The fraction of sp³-hybridized carbons (Fsp3) is 0.500. The van der Waals surface area contributed by atoms with Gasteiger partial charge in [-0.2, -0.15) is 0 Å². The van der Waals surface area contributed by atoms with Gasteiger partial charge in [0, 0.05) is 17.6 Å². The van der Waals surface area contributed by atoms with Crippen molar-refractivity contribution in [2.24, 2.45) is 0 Å². The average Bonchev–Trinajstić information content (AvgIpc) is 2.28. The van der Waals surface area contributed by atoms with Crippen LogP contribution in [0.2, 0.25) is 0 Å². The van der Waals surface area contributed by atoms with Crippen LogP contribution in [-0.4, -0.2) is 28.0 Å². The molecule has 0 radical (unpaired) electrons. The Morgan fingerprint density at radius 2 is 1.94 bits per heavy atom. The summed E-state index contributed by atoms with van der Waals surface area (Å²) in [7, 11) is 0. The van der Waals surface area contributed by atoms with Crippen molar-refractivity contribution in [2.75, 3.05) is 0 Å². The molecule has 3 heteroatoms. The number of benzene rings is 1. The number of hydrogen-bond donors (Lipinski definition) is 1. The summed E-state index contributed by atoms with van der Waals surface area (Å²) in [5, 5.41) is 9.42. The molecule has 0 bridgehead atoms. The van der Waals surface area contributed by atoms with Gasteiger partial charge in [0.1, 0.15) is 5.75 Å². The predicted molar refractivity (Wildman–Crippen MR) is 67.1 cm³/mol. The first-order valence-corrected chi connectivity index (χ1v) is 6.21. The van der Waals surface area contributed by atoms with Crippen LogP contribution in [-0.2, 0) is 0 Å². The van der Waals surface area contributed by atoms with Crippen LogP contribution in [0, 0.1) is 0 Å². The molecule has 92 valence electrons. The maximum absolute atomic E-state index is 12.4. The summed E-state index contributed by atoms with van der Waals surface area (Å²) in [5.41, 5.74) is 0.575. The molecular formula is C14H19NO2. The first kappa shape index (κ1) is 12.0. The molecule has 1 aromatic rings. The van der Waals surface area contributed by atoms with E-state index < -0.39 is 0 Å². The number of piperidine rings is 1. The standard InChI is InChI=1S/C14H19NO2/c1-10-5-3-6-11(2)15(10)14(17)12-7-4-8-13(16)9-12/h4,7-11,16H,3,5-6H2,1-2H3/t10-,11+. The van der Waals surface area contributed by atoms with E-state index in [1.807, 2.05) is 4.90 Å². The van der Waals surface area contributed by atoms with Gasteiger partial charge in [-0.25, -0.2) is 0 Å². The molecule has 1 N–H and O–H groups in total. The Labute approximate surface area is 102 Å². The van der Waals surface area contributed by atoms with Gasteiger partial charge >= 0.3 is 0 Å². The Morgan fingerprint density at radius 1 is 1.29 bits per heavy atom. The van der Waals surface area contributed by atoms with Crippen LogP contribution in [0.5, 0.6) is 5.75 Å². The van der Waals surface area contributed by atoms with Gasteiger partial charge in [-0.1, -0.05) is 6.07 Å². The summed E-state index contributed by atoms with van der Waals surface area (Å²) in [4.78, 5) is 14.3. The molecule has 1 fully saturated rings. The quantitative estimate of drug-likeness (QED) is 0.810. The Hall–Kier alpha value is -1.51. The van der Waals surface area contributed by atoms with Crippen molar-refractivity contribution in [3.63, 3.8) is 0 Å². The van der Waals surface area contributed by atoms with E-state index in [0.29, 0.717) is 5.56 Å². The number of phenolic OH excluding ortho intramolecular Hbond substituents is 1. The number of rotatable bonds is 1. The minimum absolute atomic E-state index is 0.0283. The van der Waals surface area contributed by atoms with Gasteiger partial charge in [-0.15, -0.1) is 0 Å². The number of likely N-dealkylation sites (tertiary alicyclic amines) is 1. The zero-order valence-electron chi connectivity index (χ0n) is 10.4. The third-order valence-electron chi connectivity index (χ3n) is 3.52. The minimum Gasteiger partial charge on any atom is -0.508 e. The second kappa shape index (κ2) is 4.78. The predicted octanol–water partition coefficient (Wildman–Crippen LogP) is 2.80. The van der Waals surface area contributed by atoms with Gasteiger partial charge in [0.2, 0.25) is 0 Å². The van der Waals surface area contributed by atoms with Crippen molar-refractivity contribution in [1.29, 1.82) is 0 Å². The molecule has 0 spiro atoms. The summed E-state index contributed by atoms with van der Waals surface area (Å²) in [6.45, 7) is 4.19. The molecule has 1 aliphatic heterocycles. The highest BCUT2D eigenvalue weighted by Gasteiger charge is 2.29. The number of aromatic hydroxyl groups is 1. The van der Waals surface area contributed by atoms with E-state index in [4.69, 9.17) is 0 Å². The zero-order chi connectivity index (χ0) is 12.4. The van der Waals surface area contributed by atoms with Crippen LogP contribution >= 0.6 is 0 Å². The molecule has 0 unspecified atom stereocenters. The van der Waals surface area contributed by atoms with Crippen molar-refractivity contribution in [3.8, 4) is 5.75 Å². The van der Waals surface area contributed by atoms with Gasteiger partial charge in [-0.05, 0) is 51.3 Å². The number of amides is 1. The van der Waals surface area contributed by atoms with E-state index in [0.717, 1.165) is 12.8 Å². The third kappa shape index (κ3) is 2.43. The first-order chi connectivity index (χ1) is 8.09. The molecule has 0 aromatic heterocycles. The molecule has 17 heavy (non-hydrogen) atoms. The molecule has 2 rings (SSSR count). The SMILES string of the molecule is C[C@@H]1CCC[C@H](C)N1C(=O)c1cccc(O)c1. The van der Waals surface area contributed by atoms with Gasteiger partial charge < -0.3 is 10.0 Å². The van der Waals surface area contributed by atoms with Crippen molar-refractivity contribution >= 4 is 5.91 Å². The Kier molecular flexibility index (Phi) is 3.36. The number of carbonyl (C=O) groups excluding carboxylic acids is 1. The molecule has 0 saturated carbocycles. The fourth-order valence-corrected chi connectivity index (χ4v) is 2.61. The molecule has 1 saturated heterocycles. The Morgan fingerprint density at radius 3 is 2.53 bits per heavy atom. The monoisotopic (exact) mass is 233 g/mol. The van der Waals surface area contributed by atoms with Crippen LogP contribution in [0.25, 0.3) is 0 Å². The highest BCUT2D eigenvalue weighted by Crippen LogP contribution is 2.25. The van der Waals surface area contributed by atoms with Crippen LogP contribution in [0.4, 0.5) is 0 Å². The summed E-state index contributed by atoms with van der Waals surface area (Å²) < 4.78 is 0. The highest BCUT2D eigenvalue weighted by molar-refractivity contribution is 5.95. The maximum Gasteiger partial charge on any atom is 0.254 e. The summed E-state index contributed by atoms with van der Waals surface area (Å²) in [6.07, 6.45) is 3.32. The lowest BCUT2D eigenvalue weighted by Crippen LogP contribution is -2.47. The van der Waals surface area contributed by atoms with Crippen LogP contribution in [0.3, 0.4) is 0 Å². The Bertz CT molecular complexity index is 406. The van der Waals surface area contributed by atoms with Crippen LogP contribution < -0.4 is 0 Å². The van der Waals surface area contributed by atoms with Gasteiger partial charge in [0.25, 0.3) is 5.91 Å². The molecule has 1 aromatic carbocycles. The average molecular weight is 233 g/mol. The second-order valence-electron chi connectivity index (χ2n) is 4.89. The minimum atomic E-state index is 0.0283. The molecule has 2 atom stereocenters. The van der Waals surface area contributed by atoms with E-state index in [2.05, 4.69) is 13.8 Å².